The van der Waals surface area contributed by atoms with Crippen LogP contribution in [0.5, 0.6) is 23.0 Å². The van der Waals surface area contributed by atoms with Crippen LogP contribution in [0.15, 0.2) is 180 Å². The van der Waals surface area contributed by atoms with Gasteiger partial charge in [-0.25, -0.2) is 14.4 Å². The van der Waals surface area contributed by atoms with Crippen LogP contribution in [0.2, 0.25) is 0 Å². The molecule has 11 heteroatoms. The van der Waals surface area contributed by atoms with Gasteiger partial charge in [-0.1, -0.05) is 103 Å². The summed E-state index contributed by atoms with van der Waals surface area (Å²) in [5.41, 5.74) is 1.82. The highest BCUT2D eigenvalue weighted by atomic mass is 32.2. The van der Waals surface area contributed by atoms with Crippen LogP contribution in [0.4, 0.5) is 0 Å². The van der Waals surface area contributed by atoms with Gasteiger partial charge in [-0.3, -0.25) is 9.59 Å². The standard InChI is InChI=1S/C48H28O9S2/c49-43(34-18-8-11-21-41(34)58-46(52)29-13-3-1-4-14-29)54-31-23-25-37-39(27-31)56-40-28-32(24-26-38(40)48(37)36-20-10-7-17-33(36)45(51)57-48)55-44(50)35-19-9-12-22-42(35)59-47(53)30-15-5-2-6-16-30/h1-28H. The lowest BCUT2D eigenvalue weighted by atomic mass is 9.77. The third-order valence-corrected chi connectivity index (χ3v) is 11.7. The van der Waals surface area contributed by atoms with E-state index in [0.717, 1.165) is 23.5 Å². The van der Waals surface area contributed by atoms with E-state index in [1.807, 2.05) is 12.1 Å². The molecule has 2 aliphatic heterocycles. The highest BCUT2D eigenvalue weighted by Gasteiger charge is 2.53. The predicted octanol–water partition coefficient (Wildman–Crippen LogP) is 10.6. The van der Waals surface area contributed by atoms with Crippen molar-refractivity contribution in [3.05, 3.63) is 214 Å². The molecule has 7 aromatic carbocycles. The zero-order valence-corrected chi connectivity index (χ0v) is 32.3. The number of hydrogen-bond acceptors (Lipinski definition) is 11. The molecule has 0 aromatic heterocycles. The Kier molecular flexibility index (Phi) is 9.89. The summed E-state index contributed by atoms with van der Waals surface area (Å²) in [7, 11) is 0. The molecular formula is C48H28O9S2. The fraction of sp³-hybridized carbons (Fsp3) is 0.0208. The van der Waals surface area contributed by atoms with E-state index in [4.69, 9.17) is 18.9 Å². The average Bonchev–Trinajstić information content (AvgIpc) is 3.56. The first kappa shape index (κ1) is 37.4. The van der Waals surface area contributed by atoms with Gasteiger partial charge in [0.15, 0.2) is 5.60 Å². The van der Waals surface area contributed by atoms with Crippen LogP contribution in [-0.4, -0.2) is 28.1 Å². The van der Waals surface area contributed by atoms with Crippen LogP contribution in [-0.2, 0) is 10.3 Å². The van der Waals surface area contributed by atoms with Crippen LogP contribution in [0.3, 0.4) is 0 Å². The fourth-order valence-corrected chi connectivity index (χ4v) is 8.73. The van der Waals surface area contributed by atoms with Crippen molar-refractivity contribution in [2.45, 2.75) is 15.4 Å². The van der Waals surface area contributed by atoms with Crippen LogP contribution < -0.4 is 14.2 Å². The Morgan fingerprint density at radius 3 is 1.42 bits per heavy atom. The summed E-state index contributed by atoms with van der Waals surface area (Å²) in [5, 5.41) is -0.454. The van der Waals surface area contributed by atoms with Crippen molar-refractivity contribution < 1.29 is 42.9 Å². The molecule has 0 saturated heterocycles. The number of benzene rings is 7. The molecule has 9 rings (SSSR count). The molecule has 0 atom stereocenters. The molecule has 0 fully saturated rings. The summed E-state index contributed by atoms with van der Waals surface area (Å²) in [4.78, 5) is 67.7. The smallest absolute Gasteiger partial charge is 0.344 e. The molecular weight excluding hydrogens is 785 g/mol. The largest absolute Gasteiger partial charge is 0.456 e. The third-order valence-electron chi connectivity index (χ3n) is 9.72. The predicted molar refractivity (Wildman–Crippen MR) is 221 cm³/mol. The number of thioether (sulfide) groups is 2. The lowest BCUT2D eigenvalue weighted by molar-refractivity contribution is 0.0224. The summed E-state index contributed by atoms with van der Waals surface area (Å²) in [5.74, 6) is -1.24. The second-order valence-electron chi connectivity index (χ2n) is 13.3. The van der Waals surface area contributed by atoms with Gasteiger partial charge >= 0.3 is 17.9 Å². The van der Waals surface area contributed by atoms with Gasteiger partial charge in [0.1, 0.15) is 23.0 Å². The molecule has 1 spiro atoms. The van der Waals surface area contributed by atoms with E-state index in [1.165, 1.54) is 12.1 Å². The quantitative estimate of drug-likeness (QED) is 0.0828. The molecule has 2 heterocycles. The molecule has 0 N–H and O–H groups in total. The molecule has 0 radical (unpaired) electrons. The Morgan fingerprint density at radius 2 is 0.915 bits per heavy atom. The van der Waals surface area contributed by atoms with E-state index < -0.39 is 23.5 Å². The number of carbonyl (C=O) groups excluding carboxylic acids is 5. The zero-order valence-electron chi connectivity index (χ0n) is 30.7. The lowest BCUT2D eigenvalue weighted by Crippen LogP contribution is -2.33. The Morgan fingerprint density at radius 1 is 0.475 bits per heavy atom. The first-order valence-electron chi connectivity index (χ1n) is 18.2. The molecule has 286 valence electrons. The van der Waals surface area contributed by atoms with E-state index in [-0.39, 0.29) is 44.4 Å². The minimum atomic E-state index is -1.45. The highest BCUT2D eigenvalue weighted by Crippen LogP contribution is 2.57. The van der Waals surface area contributed by atoms with Crippen molar-refractivity contribution >= 4 is 51.7 Å². The number of esters is 3. The number of carbonyl (C=O) groups is 5. The summed E-state index contributed by atoms with van der Waals surface area (Å²) < 4.78 is 24.5. The summed E-state index contributed by atoms with van der Waals surface area (Å²) >= 11 is 1.85. The van der Waals surface area contributed by atoms with E-state index in [1.54, 1.807) is 146 Å². The number of rotatable bonds is 8. The zero-order chi connectivity index (χ0) is 40.5. The average molecular weight is 813 g/mol. The van der Waals surface area contributed by atoms with E-state index in [0.29, 0.717) is 43.2 Å². The van der Waals surface area contributed by atoms with Crippen molar-refractivity contribution in [1.82, 2.24) is 0 Å². The summed E-state index contributed by atoms with van der Waals surface area (Å²) in [6, 6.07) is 47.5. The Bertz CT molecular complexity index is 2680. The highest BCUT2D eigenvalue weighted by molar-refractivity contribution is 8.14. The maximum atomic E-state index is 13.7. The Balaban J connectivity index is 1.03. The molecule has 0 unspecified atom stereocenters. The second kappa shape index (κ2) is 15.6. The van der Waals surface area contributed by atoms with Crippen LogP contribution >= 0.6 is 23.5 Å². The van der Waals surface area contributed by atoms with Crippen molar-refractivity contribution in [3.63, 3.8) is 0 Å². The molecule has 9 nitrogen and oxygen atoms in total. The van der Waals surface area contributed by atoms with Crippen LogP contribution in [0, 0.1) is 0 Å². The Labute approximate surface area is 345 Å². The molecule has 0 saturated carbocycles. The minimum Gasteiger partial charge on any atom is -0.456 e. The van der Waals surface area contributed by atoms with E-state index in [9.17, 15) is 24.0 Å². The minimum absolute atomic E-state index is 0.126. The van der Waals surface area contributed by atoms with E-state index in [2.05, 4.69) is 0 Å². The van der Waals surface area contributed by atoms with Crippen molar-refractivity contribution in [2.24, 2.45) is 0 Å². The van der Waals surface area contributed by atoms with Crippen LogP contribution in [0.25, 0.3) is 0 Å². The lowest BCUT2D eigenvalue weighted by Gasteiger charge is -2.36. The van der Waals surface area contributed by atoms with Gasteiger partial charge in [0.25, 0.3) is 0 Å². The number of hydrogen-bond donors (Lipinski definition) is 0. The van der Waals surface area contributed by atoms with Crippen molar-refractivity contribution in [1.29, 1.82) is 0 Å². The molecule has 59 heavy (non-hydrogen) atoms. The van der Waals surface area contributed by atoms with Gasteiger partial charge in [-0.2, -0.15) is 0 Å². The summed E-state index contributed by atoms with van der Waals surface area (Å²) in [6.45, 7) is 0. The van der Waals surface area contributed by atoms with Gasteiger partial charge in [0.2, 0.25) is 10.2 Å². The van der Waals surface area contributed by atoms with Crippen molar-refractivity contribution in [2.75, 3.05) is 0 Å². The topological polar surface area (TPSA) is 122 Å². The molecule has 0 bridgehead atoms. The van der Waals surface area contributed by atoms with Gasteiger partial charge in [-0.05, 0) is 78.1 Å². The molecule has 0 amide bonds. The van der Waals surface area contributed by atoms with Gasteiger partial charge in [-0.15, -0.1) is 0 Å². The van der Waals surface area contributed by atoms with E-state index >= 15 is 0 Å². The van der Waals surface area contributed by atoms with Crippen LogP contribution in [0.1, 0.15) is 68.5 Å². The normalized spacial score (nSPS) is 12.9. The second-order valence-corrected chi connectivity index (χ2v) is 15.3. The molecule has 7 aromatic rings. The maximum Gasteiger partial charge on any atom is 0.344 e. The summed E-state index contributed by atoms with van der Waals surface area (Å²) in [6.07, 6.45) is 0. The van der Waals surface area contributed by atoms with Gasteiger partial charge in [0, 0.05) is 49.7 Å². The SMILES string of the molecule is O=C(Sc1ccccc1C(=O)Oc1ccc2c(c1)Oc1cc(OC(=O)c3ccccc3SC(=O)c3ccccc3)ccc1C21OC(=O)c2ccccc21)c1ccccc1. The van der Waals surface area contributed by atoms with Gasteiger partial charge in [0.05, 0.1) is 16.7 Å². The monoisotopic (exact) mass is 812 g/mol. The van der Waals surface area contributed by atoms with Crippen molar-refractivity contribution in [3.8, 4) is 23.0 Å². The molecule has 0 aliphatic carbocycles. The Hall–Kier alpha value is -7.21. The maximum absolute atomic E-state index is 13.7. The van der Waals surface area contributed by atoms with Gasteiger partial charge < -0.3 is 18.9 Å². The molecule has 2 aliphatic rings. The third kappa shape index (κ3) is 7.07. The first-order valence-corrected chi connectivity index (χ1v) is 19.9. The first-order chi connectivity index (χ1) is 28.8. The fourth-order valence-electron chi connectivity index (χ4n) is 7.00. The number of ether oxygens (including phenoxy) is 4. The number of fused-ring (bicyclic) bond motifs is 6.